The molecule has 1 aliphatic rings. The number of ether oxygens (including phenoxy) is 2. The van der Waals surface area contributed by atoms with Gasteiger partial charge in [-0.3, -0.25) is 4.79 Å². The van der Waals surface area contributed by atoms with Crippen molar-refractivity contribution < 1.29 is 34.7 Å². The Morgan fingerprint density at radius 3 is 2.75 bits per heavy atom. The zero-order chi connectivity index (χ0) is 18.1. The van der Waals surface area contributed by atoms with Gasteiger partial charge in [0.15, 0.2) is 6.29 Å². The summed E-state index contributed by atoms with van der Waals surface area (Å²) < 4.78 is 10.5. The molecular formula is C14H26N3O7-. The van der Waals surface area contributed by atoms with Crippen LogP contribution in [-0.2, 0) is 14.3 Å². The molecule has 10 heteroatoms. The number of carbonyl (C=O) groups is 1. The number of hydrogen-bond acceptors (Lipinski definition) is 9. The minimum Gasteiger partial charge on any atom is -0.860 e. The molecule has 24 heavy (non-hydrogen) atoms. The van der Waals surface area contributed by atoms with Gasteiger partial charge in [0.2, 0.25) is 5.91 Å². The molecule has 10 nitrogen and oxygen atoms in total. The van der Waals surface area contributed by atoms with Crippen molar-refractivity contribution in [3.63, 3.8) is 0 Å². The first kappa shape index (κ1) is 20.7. The van der Waals surface area contributed by atoms with E-state index in [0.29, 0.717) is 19.5 Å². The number of carbonyl (C=O) groups excluding carboxylic acids is 1. The van der Waals surface area contributed by atoms with Crippen LogP contribution in [0.3, 0.4) is 0 Å². The smallest absolute Gasteiger partial charge is 0.222 e. The summed E-state index contributed by atoms with van der Waals surface area (Å²) in [5.74, 6) is -1.55. The van der Waals surface area contributed by atoms with Gasteiger partial charge in [0.25, 0.3) is 0 Å². The molecule has 1 heterocycles. The maximum atomic E-state index is 11.8. The molecule has 7 N–H and O–H groups in total. The minimum atomic E-state index is -1.36. The molecule has 1 aliphatic heterocycles. The van der Waals surface area contributed by atoms with E-state index in [9.17, 15) is 20.1 Å². The number of unbranched alkanes of at least 4 members (excludes halogenated alkanes) is 1. The van der Waals surface area contributed by atoms with Gasteiger partial charge >= 0.3 is 0 Å². The number of rotatable bonds is 10. The zero-order valence-corrected chi connectivity index (χ0v) is 13.4. The van der Waals surface area contributed by atoms with E-state index in [2.05, 4.69) is 5.32 Å². The maximum Gasteiger partial charge on any atom is 0.222 e. The van der Waals surface area contributed by atoms with E-state index in [0.717, 1.165) is 6.42 Å². The number of aliphatic hydroxyl groups excluding tert-OH is 3. The summed E-state index contributed by atoms with van der Waals surface area (Å²) in [5, 5.41) is 49.6. The second kappa shape index (κ2) is 10.5. The topological polar surface area (TPSA) is 181 Å². The van der Waals surface area contributed by atoms with Crippen LogP contribution in [0.4, 0.5) is 0 Å². The lowest BCUT2D eigenvalue weighted by atomic mass is 10.0. The Bertz CT molecular complexity index is 410. The van der Waals surface area contributed by atoms with Crippen molar-refractivity contribution in [3.05, 3.63) is 0 Å². The molecule has 0 aromatic heterocycles. The van der Waals surface area contributed by atoms with Crippen LogP contribution in [0, 0.1) is 5.41 Å². The van der Waals surface area contributed by atoms with Crippen LogP contribution in [0.15, 0.2) is 0 Å². The minimum absolute atomic E-state index is 0.139. The SMILES string of the molecule is N=C([O-])[C@H](CC(=O)NCCCCN)O[C@H]1C[C@@H](O)[C@@H](O)[C@@H](CO)O1. The molecule has 1 rings (SSSR count). The Morgan fingerprint density at radius 2 is 2.17 bits per heavy atom. The standard InChI is InChI=1S/C14H27N3O7/c15-3-1-2-4-17-11(20)6-9(14(16)22)23-12-5-8(19)13(21)10(7-18)24-12/h8-10,12-13,18-19,21H,1-7,15H2,(H2,16,22)(H,17,20)/p-1/t8-,9+,10-,12-,13-/m1/s1. The largest absolute Gasteiger partial charge is 0.860 e. The summed E-state index contributed by atoms with van der Waals surface area (Å²) in [6.07, 6.45) is -5.03. The summed E-state index contributed by atoms with van der Waals surface area (Å²) in [6, 6.07) is 0. The van der Waals surface area contributed by atoms with Crippen molar-refractivity contribution in [1.29, 1.82) is 5.41 Å². The number of hydrogen-bond donors (Lipinski definition) is 6. The average Bonchev–Trinajstić information content (AvgIpc) is 2.54. The predicted molar refractivity (Wildman–Crippen MR) is 80.9 cm³/mol. The summed E-state index contributed by atoms with van der Waals surface area (Å²) in [5.41, 5.74) is 5.34. The Kier molecular flexibility index (Phi) is 9.11. The lowest BCUT2D eigenvalue weighted by Crippen LogP contribution is -2.52. The van der Waals surface area contributed by atoms with Crippen LogP contribution in [0.1, 0.15) is 25.7 Å². The van der Waals surface area contributed by atoms with Crippen molar-refractivity contribution in [2.24, 2.45) is 5.73 Å². The fraction of sp³-hybridized carbons (Fsp3) is 0.857. The molecule has 5 atom stereocenters. The Balaban J connectivity index is 2.50. The molecule has 0 spiro atoms. The molecule has 0 aliphatic carbocycles. The summed E-state index contributed by atoms with van der Waals surface area (Å²) in [6.45, 7) is 0.387. The molecule has 0 saturated carbocycles. The van der Waals surface area contributed by atoms with E-state index in [1.807, 2.05) is 0 Å². The van der Waals surface area contributed by atoms with Gasteiger partial charge in [-0.05, 0) is 25.3 Å². The fourth-order valence-corrected chi connectivity index (χ4v) is 2.28. The Labute approximate surface area is 140 Å². The number of nitrogens with one attached hydrogen (secondary N) is 2. The first-order chi connectivity index (χ1) is 11.4. The number of amides is 1. The second-order valence-electron chi connectivity index (χ2n) is 5.62. The van der Waals surface area contributed by atoms with Crippen molar-refractivity contribution in [2.45, 2.75) is 56.4 Å². The molecule has 0 bridgehead atoms. The van der Waals surface area contributed by atoms with Crippen LogP contribution in [0.5, 0.6) is 0 Å². The van der Waals surface area contributed by atoms with E-state index in [1.54, 1.807) is 0 Å². The van der Waals surface area contributed by atoms with Crippen LogP contribution >= 0.6 is 0 Å². The van der Waals surface area contributed by atoms with Gasteiger partial charge < -0.3 is 46.4 Å². The highest BCUT2D eigenvalue weighted by atomic mass is 16.7. The molecule has 1 fully saturated rings. The van der Waals surface area contributed by atoms with Gasteiger partial charge in [-0.25, -0.2) is 0 Å². The zero-order valence-electron chi connectivity index (χ0n) is 13.4. The highest BCUT2D eigenvalue weighted by Crippen LogP contribution is 2.22. The first-order valence-corrected chi connectivity index (χ1v) is 7.89. The Hall–Kier alpha value is -1.30. The van der Waals surface area contributed by atoms with Gasteiger partial charge in [0.1, 0.15) is 12.2 Å². The highest BCUT2D eigenvalue weighted by Gasteiger charge is 2.37. The average molecular weight is 348 g/mol. The van der Waals surface area contributed by atoms with E-state index >= 15 is 0 Å². The monoisotopic (exact) mass is 348 g/mol. The van der Waals surface area contributed by atoms with Crippen LogP contribution in [-0.4, -0.2) is 77.5 Å². The Morgan fingerprint density at radius 1 is 1.46 bits per heavy atom. The number of aliphatic hydroxyl groups is 3. The van der Waals surface area contributed by atoms with Gasteiger partial charge in [-0.1, -0.05) is 0 Å². The first-order valence-electron chi connectivity index (χ1n) is 7.89. The number of nitrogens with two attached hydrogens (primary N) is 1. The van der Waals surface area contributed by atoms with Gasteiger partial charge in [0, 0.05) is 13.0 Å². The van der Waals surface area contributed by atoms with Crippen molar-refractivity contribution in [3.8, 4) is 0 Å². The third-order valence-corrected chi connectivity index (χ3v) is 3.65. The maximum absolute atomic E-state index is 11.8. The fourth-order valence-electron chi connectivity index (χ4n) is 2.28. The van der Waals surface area contributed by atoms with Crippen molar-refractivity contribution >= 4 is 11.8 Å². The van der Waals surface area contributed by atoms with E-state index in [-0.39, 0.29) is 12.8 Å². The van der Waals surface area contributed by atoms with Gasteiger partial charge in [-0.2, -0.15) is 0 Å². The highest BCUT2D eigenvalue weighted by molar-refractivity contribution is 5.83. The van der Waals surface area contributed by atoms with E-state index < -0.39 is 49.1 Å². The predicted octanol–water partition coefficient (Wildman–Crippen LogP) is -3.22. The van der Waals surface area contributed by atoms with Crippen molar-refractivity contribution in [1.82, 2.24) is 5.32 Å². The third-order valence-electron chi connectivity index (χ3n) is 3.65. The molecule has 140 valence electrons. The summed E-state index contributed by atoms with van der Waals surface area (Å²) in [4.78, 5) is 11.8. The van der Waals surface area contributed by atoms with E-state index in [1.165, 1.54) is 0 Å². The molecule has 0 unspecified atom stereocenters. The van der Waals surface area contributed by atoms with Gasteiger partial charge in [0.05, 0.1) is 25.2 Å². The normalized spacial score (nSPS) is 28.3. The molecule has 0 aromatic carbocycles. The lowest BCUT2D eigenvalue weighted by Gasteiger charge is -2.38. The molecule has 1 amide bonds. The van der Waals surface area contributed by atoms with Crippen molar-refractivity contribution in [2.75, 3.05) is 19.7 Å². The summed E-state index contributed by atoms with van der Waals surface area (Å²) >= 11 is 0. The lowest BCUT2D eigenvalue weighted by molar-refractivity contribution is -0.281. The van der Waals surface area contributed by atoms with Gasteiger partial charge in [-0.15, -0.1) is 0 Å². The molecule has 0 radical (unpaired) electrons. The summed E-state index contributed by atoms with van der Waals surface area (Å²) in [7, 11) is 0. The molecule has 0 aromatic rings. The third kappa shape index (κ3) is 6.67. The van der Waals surface area contributed by atoms with Crippen LogP contribution in [0.2, 0.25) is 0 Å². The molecular weight excluding hydrogens is 322 g/mol. The van der Waals surface area contributed by atoms with Crippen LogP contribution < -0.4 is 16.2 Å². The quantitative estimate of drug-likeness (QED) is 0.135. The second-order valence-corrected chi connectivity index (χ2v) is 5.62. The van der Waals surface area contributed by atoms with E-state index in [4.69, 9.17) is 25.7 Å². The molecule has 1 saturated heterocycles. The van der Waals surface area contributed by atoms with Crippen LogP contribution in [0.25, 0.3) is 0 Å².